The summed E-state index contributed by atoms with van der Waals surface area (Å²) in [4.78, 5) is 20.1. The van der Waals surface area contributed by atoms with E-state index in [1.165, 1.54) is 23.3 Å². The Morgan fingerprint density at radius 3 is 2.75 bits per heavy atom. The Balaban J connectivity index is 1.35. The van der Waals surface area contributed by atoms with Crippen LogP contribution in [-0.2, 0) is 21.2 Å². The van der Waals surface area contributed by atoms with E-state index in [0.717, 1.165) is 24.0 Å². The molecule has 9 heteroatoms. The minimum atomic E-state index is -3.87. The van der Waals surface area contributed by atoms with Gasteiger partial charge >= 0.3 is 0 Å². The molecule has 2 aliphatic rings. The van der Waals surface area contributed by atoms with Crippen molar-refractivity contribution in [3.63, 3.8) is 0 Å². The van der Waals surface area contributed by atoms with Crippen molar-refractivity contribution in [2.24, 2.45) is 0 Å². The molecule has 2 N–H and O–H groups in total. The van der Waals surface area contributed by atoms with Crippen molar-refractivity contribution in [1.29, 1.82) is 0 Å². The van der Waals surface area contributed by atoms with Gasteiger partial charge in [0.1, 0.15) is 6.04 Å². The highest BCUT2D eigenvalue weighted by Gasteiger charge is 2.36. The van der Waals surface area contributed by atoms with E-state index in [4.69, 9.17) is 11.6 Å². The molecule has 2 heterocycles. The first-order valence-electron chi connectivity index (χ1n) is 10.6. The van der Waals surface area contributed by atoms with Gasteiger partial charge in [-0.05, 0) is 74.8 Å². The molecule has 1 unspecified atom stereocenters. The molecule has 2 atom stereocenters. The van der Waals surface area contributed by atoms with Crippen molar-refractivity contribution in [2.75, 3.05) is 25.5 Å². The molecule has 1 aliphatic carbocycles. The van der Waals surface area contributed by atoms with Gasteiger partial charge in [0.05, 0.1) is 9.92 Å². The fourth-order valence-corrected chi connectivity index (χ4v) is 6.28. The number of carbonyl (C=O) groups is 1. The Kier molecular flexibility index (Phi) is 5.28. The van der Waals surface area contributed by atoms with Crippen LogP contribution >= 0.6 is 11.6 Å². The average Bonchev–Trinajstić information content (AvgIpc) is 3.45. The van der Waals surface area contributed by atoms with Crippen molar-refractivity contribution >= 4 is 44.1 Å². The van der Waals surface area contributed by atoms with Gasteiger partial charge in [-0.15, -0.1) is 0 Å². The van der Waals surface area contributed by atoms with Crippen LogP contribution in [0.15, 0.2) is 47.5 Å². The molecule has 1 fully saturated rings. The summed E-state index contributed by atoms with van der Waals surface area (Å²) in [6, 6.07) is 10.5. The summed E-state index contributed by atoms with van der Waals surface area (Å²) in [5, 5.41) is 1.08. The van der Waals surface area contributed by atoms with Gasteiger partial charge in [0.2, 0.25) is 15.9 Å². The Morgan fingerprint density at radius 1 is 1.16 bits per heavy atom. The quantitative estimate of drug-likeness (QED) is 0.595. The maximum absolute atomic E-state index is 13.1. The fraction of sp³-hybridized carbons (Fsp3) is 0.348. The lowest BCUT2D eigenvalue weighted by atomic mass is 10.1. The number of aromatic amines is 1. The lowest BCUT2D eigenvalue weighted by Crippen LogP contribution is -2.41. The van der Waals surface area contributed by atoms with Crippen LogP contribution in [0.3, 0.4) is 0 Å². The molecule has 1 aliphatic heterocycles. The first-order valence-corrected chi connectivity index (χ1v) is 12.5. The highest BCUT2D eigenvalue weighted by atomic mass is 35.5. The Hall–Kier alpha value is -2.39. The monoisotopic (exact) mass is 472 g/mol. The molecule has 3 aromatic rings. The summed E-state index contributed by atoms with van der Waals surface area (Å²) in [7, 11) is 0.289. The molecule has 2 aromatic carbocycles. The number of nitrogens with zero attached hydrogens (tertiary/aromatic N) is 2. The second-order valence-electron chi connectivity index (χ2n) is 8.70. The number of hydrogen-bond acceptors (Lipinski definition) is 4. The van der Waals surface area contributed by atoms with Gasteiger partial charge < -0.3 is 14.8 Å². The molecule has 0 radical (unpaired) electrons. The first-order chi connectivity index (χ1) is 15.2. The van der Waals surface area contributed by atoms with E-state index in [-0.39, 0.29) is 10.8 Å². The highest BCUT2D eigenvalue weighted by Crippen LogP contribution is 2.37. The summed E-state index contributed by atoms with van der Waals surface area (Å²) in [6.07, 6.45) is 4.08. The van der Waals surface area contributed by atoms with Crippen molar-refractivity contribution in [1.82, 2.24) is 14.6 Å². The van der Waals surface area contributed by atoms with Crippen LogP contribution in [0.4, 0.5) is 5.69 Å². The largest absolute Gasteiger partial charge is 0.360 e. The molecule has 0 bridgehead atoms. The Bertz CT molecular complexity index is 1320. The van der Waals surface area contributed by atoms with Crippen molar-refractivity contribution < 1.29 is 13.2 Å². The number of halogens is 1. The standard InChI is InChI=1S/C23H25ClN4O3S/c1-27(2)22-8-3-14-11-15(4-6-17(14)22)28-10-9-21(23(28)29)26-32(30,31)16-5-7-20-18(12-16)19(24)13-25-20/h4-7,11-13,21-22,25-26H,3,8-10H2,1-2H3/t21-,22?/m0/s1. The smallest absolute Gasteiger partial charge is 0.245 e. The number of carbonyl (C=O) groups excluding carboxylic acids is 1. The molecule has 1 saturated heterocycles. The van der Waals surface area contributed by atoms with Crippen LogP contribution in [0, 0.1) is 0 Å². The maximum atomic E-state index is 13.1. The van der Waals surface area contributed by atoms with Crippen LogP contribution in [0.5, 0.6) is 0 Å². The Morgan fingerprint density at radius 2 is 1.97 bits per heavy atom. The Labute approximate surface area is 192 Å². The number of sulfonamides is 1. The van der Waals surface area contributed by atoms with Gasteiger partial charge in [-0.25, -0.2) is 8.42 Å². The van der Waals surface area contributed by atoms with Crippen LogP contribution in [-0.4, -0.2) is 50.9 Å². The number of aryl methyl sites for hydroxylation is 1. The molecule has 32 heavy (non-hydrogen) atoms. The number of rotatable bonds is 5. The zero-order valence-corrected chi connectivity index (χ0v) is 19.5. The summed E-state index contributed by atoms with van der Waals surface area (Å²) < 4.78 is 28.5. The summed E-state index contributed by atoms with van der Waals surface area (Å²) in [5.74, 6) is -0.226. The highest BCUT2D eigenvalue weighted by molar-refractivity contribution is 7.89. The van der Waals surface area contributed by atoms with E-state index >= 15 is 0 Å². The SMILES string of the molecule is CN(C)C1CCc2cc(N3CC[C@H](NS(=O)(=O)c4ccc5[nH]cc(Cl)c5c4)C3=O)ccc21. The molecular formula is C23H25ClN4O3S. The van der Waals surface area contributed by atoms with E-state index in [1.807, 2.05) is 6.07 Å². The van der Waals surface area contributed by atoms with Crippen LogP contribution < -0.4 is 9.62 Å². The zero-order chi connectivity index (χ0) is 22.6. The van der Waals surface area contributed by atoms with Crippen LogP contribution in [0.2, 0.25) is 5.02 Å². The molecule has 0 saturated carbocycles. The predicted octanol–water partition coefficient (Wildman–Crippen LogP) is 3.45. The lowest BCUT2D eigenvalue weighted by Gasteiger charge is -2.22. The van der Waals surface area contributed by atoms with Crippen molar-refractivity contribution in [3.05, 3.63) is 58.7 Å². The van der Waals surface area contributed by atoms with Gasteiger partial charge in [0.25, 0.3) is 0 Å². The number of fused-ring (bicyclic) bond motifs is 2. The average molecular weight is 473 g/mol. The van der Waals surface area contributed by atoms with Crippen molar-refractivity contribution in [2.45, 2.75) is 36.2 Å². The number of amides is 1. The van der Waals surface area contributed by atoms with Crippen LogP contribution in [0.25, 0.3) is 10.9 Å². The second-order valence-corrected chi connectivity index (χ2v) is 10.8. The summed E-state index contributed by atoms with van der Waals surface area (Å²) in [5.41, 5.74) is 4.15. The van der Waals surface area contributed by atoms with E-state index < -0.39 is 16.1 Å². The minimum Gasteiger partial charge on any atom is -0.360 e. The summed E-state index contributed by atoms with van der Waals surface area (Å²) >= 11 is 6.13. The number of hydrogen-bond donors (Lipinski definition) is 2. The normalized spacial score (nSPS) is 21.1. The zero-order valence-electron chi connectivity index (χ0n) is 17.9. The molecular weight excluding hydrogens is 448 g/mol. The molecule has 1 amide bonds. The van der Waals surface area contributed by atoms with Crippen molar-refractivity contribution in [3.8, 4) is 0 Å². The third kappa shape index (κ3) is 3.61. The topological polar surface area (TPSA) is 85.5 Å². The third-order valence-electron chi connectivity index (χ3n) is 6.52. The van der Waals surface area contributed by atoms with Gasteiger partial charge in [-0.2, -0.15) is 4.72 Å². The first kappa shape index (κ1) is 21.5. The third-order valence-corrected chi connectivity index (χ3v) is 8.31. The predicted molar refractivity (Wildman–Crippen MR) is 126 cm³/mol. The number of H-pyrrole nitrogens is 1. The molecule has 0 spiro atoms. The second kappa shape index (κ2) is 7.88. The number of anilines is 1. The van der Waals surface area contributed by atoms with Gasteiger partial charge in [-0.1, -0.05) is 17.7 Å². The van der Waals surface area contributed by atoms with Gasteiger partial charge in [0.15, 0.2) is 0 Å². The van der Waals surface area contributed by atoms with Crippen LogP contribution in [0.1, 0.15) is 30.0 Å². The maximum Gasteiger partial charge on any atom is 0.245 e. The van der Waals surface area contributed by atoms with Gasteiger partial charge in [-0.3, -0.25) is 4.79 Å². The number of nitrogens with one attached hydrogen (secondary N) is 2. The number of benzene rings is 2. The van der Waals surface area contributed by atoms with Gasteiger partial charge in [0, 0.05) is 35.4 Å². The minimum absolute atomic E-state index is 0.0880. The molecule has 5 rings (SSSR count). The summed E-state index contributed by atoms with van der Waals surface area (Å²) in [6.45, 7) is 0.477. The van der Waals surface area contributed by atoms with E-state index in [2.05, 4.69) is 40.8 Å². The van der Waals surface area contributed by atoms with E-state index in [0.29, 0.717) is 29.4 Å². The number of aromatic nitrogens is 1. The molecule has 7 nitrogen and oxygen atoms in total. The molecule has 1 aromatic heterocycles. The fourth-order valence-electron chi connectivity index (χ4n) is 4.82. The van der Waals surface area contributed by atoms with E-state index in [1.54, 1.807) is 17.2 Å². The molecule has 168 valence electrons. The van der Waals surface area contributed by atoms with E-state index in [9.17, 15) is 13.2 Å². The lowest BCUT2D eigenvalue weighted by molar-refractivity contribution is -0.118.